The molecule has 5 aliphatic carbocycles. The maximum absolute atomic E-state index is 13.2. The molecular weight excluding hydrogens is 420 g/mol. The Kier molecular flexibility index (Phi) is 5.70. The molecule has 0 spiro atoms. The van der Waals surface area contributed by atoms with Gasteiger partial charge in [0.25, 0.3) is 0 Å². The molecule has 1 N–H and O–H groups in total. The second kappa shape index (κ2) is 8.07. The van der Waals surface area contributed by atoms with Crippen molar-refractivity contribution < 1.29 is 29.0 Å². The second-order valence-electron chi connectivity index (χ2n) is 12.9. The van der Waals surface area contributed by atoms with Crippen molar-refractivity contribution in [3.8, 4) is 0 Å². The van der Waals surface area contributed by atoms with E-state index in [1.807, 2.05) is 20.8 Å². The third kappa shape index (κ3) is 3.66. The van der Waals surface area contributed by atoms with Gasteiger partial charge in [-0.15, -0.1) is 0 Å². The predicted octanol–water partition coefficient (Wildman–Crippen LogP) is 3.84. The van der Waals surface area contributed by atoms with Crippen LogP contribution in [0.15, 0.2) is 0 Å². The highest BCUT2D eigenvalue weighted by Crippen LogP contribution is 2.63. The van der Waals surface area contributed by atoms with Crippen molar-refractivity contribution in [1.82, 2.24) is 0 Å². The van der Waals surface area contributed by atoms with Crippen LogP contribution >= 0.6 is 0 Å². The number of ether oxygens (including phenoxy) is 2. The van der Waals surface area contributed by atoms with Crippen LogP contribution in [0.25, 0.3) is 0 Å². The van der Waals surface area contributed by atoms with Crippen molar-refractivity contribution in [2.75, 3.05) is 6.61 Å². The Labute approximate surface area is 197 Å². The summed E-state index contributed by atoms with van der Waals surface area (Å²) >= 11 is 0. The number of esters is 3. The Hall–Kier alpha value is -1.43. The first kappa shape index (κ1) is 23.3. The van der Waals surface area contributed by atoms with Crippen LogP contribution in [0.4, 0.5) is 0 Å². The first-order chi connectivity index (χ1) is 15.5. The molecule has 4 bridgehead atoms. The van der Waals surface area contributed by atoms with E-state index in [1.165, 1.54) is 0 Å². The van der Waals surface area contributed by atoms with Crippen LogP contribution in [-0.4, -0.2) is 35.2 Å². The molecule has 5 saturated carbocycles. The van der Waals surface area contributed by atoms with Crippen LogP contribution in [0.3, 0.4) is 0 Å². The number of aliphatic hydroxyl groups excluding tert-OH is 1. The van der Waals surface area contributed by atoms with E-state index in [9.17, 15) is 19.5 Å². The molecule has 184 valence electrons. The molecule has 6 aliphatic rings. The van der Waals surface area contributed by atoms with Gasteiger partial charge in [0.05, 0.1) is 17.8 Å². The summed E-state index contributed by atoms with van der Waals surface area (Å²) in [7, 11) is 0. The minimum Gasteiger partial charge on any atom is -0.460 e. The fourth-order valence-corrected chi connectivity index (χ4v) is 9.12. The van der Waals surface area contributed by atoms with E-state index in [1.54, 1.807) is 0 Å². The fraction of sp³-hybridized carbons (Fsp3) is 0.889. The summed E-state index contributed by atoms with van der Waals surface area (Å²) in [4.78, 5) is 39.2. The van der Waals surface area contributed by atoms with Crippen LogP contribution < -0.4 is 0 Å². The summed E-state index contributed by atoms with van der Waals surface area (Å²) in [5.41, 5.74) is -0.510. The van der Waals surface area contributed by atoms with Crippen molar-refractivity contribution in [1.29, 1.82) is 0 Å². The molecule has 1 saturated heterocycles. The van der Waals surface area contributed by atoms with Gasteiger partial charge in [-0.2, -0.15) is 0 Å². The van der Waals surface area contributed by atoms with Gasteiger partial charge >= 0.3 is 17.9 Å². The molecule has 6 nitrogen and oxygen atoms in total. The standard InChI is InChI=1S/C27H40O6/c1-12-15-8-16(11-28)18(10-15)21(12)23-22(25(30)32-26(23)31)20-13(2)17-7-6-14(20)9-19(17)24(29)33-27(3,4)5/h12-23,28H,6-11H2,1-5H3. The van der Waals surface area contributed by atoms with E-state index < -0.39 is 17.4 Å². The zero-order valence-corrected chi connectivity index (χ0v) is 20.7. The zero-order chi connectivity index (χ0) is 23.8. The maximum Gasteiger partial charge on any atom is 0.317 e. The summed E-state index contributed by atoms with van der Waals surface area (Å²) in [5.74, 6) is 0.455. The predicted molar refractivity (Wildman–Crippen MR) is 120 cm³/mol. The number of rotatable bonds is 4. The minimum atomic E-state index is -0.510. The number of fused-ring (bicyclic) bond motifs is 5. The van der Waals surface area contributed by atoms with E-state index in [2.05, 4.69) is 13.8 Å². The number of carbonyl (C=O) groups excluding carboxylic acids is 3. The van der Waals surface area contributed by atoms with Crippen LogP contribution in [0.1, 0.15) is 66.7 Å². The van der Waals surface area contributed by atoms with Gasteiger partial charge < -0.3 is 14.6 Å². The monoisotopic (exact) mass is 460 g/mol. The van der Waals surface area contributed by atoms with Gasteiger partial charge in [0.15, 0.2) is 0 Å². The van der Waals surface area contributed by atoms with Gasteiger partial charge in [-0.3, -0.25) is 14.4 Å². The summed E-state index contributed by atoms with van der Waals surface area (Å²) in [6, 6.07) is 0. The first-order valence-corrected chi connectivity index (χ1v) is 13.1. The largest absolute Gasteiger partial charge is 0.460 e. The number of carbonyl (C=O) groups is 3. The Balaban J connectivity index is 1.41. The highest BCUT2D eigenvalue weighted by molar-refractivity contribution is 5.97. The van der Waals surface area contributed by atoms with E-state index in [0.29, 0.717) is 17.8 Å². The lowest BCUT2D eigenvalue weighted by Crippen LogP contribution is -2.52. The summed E-state index contributed by atoms with van der Waals surface area (Å²) in [5, 5.41) is 9.93. The highest BCUT2D eigenvalue weighted by atomic mass is 16.6. The first-order valence-electron chi connectivity index (χ1n) is 13.1. The van der Waals surface area contributed by atoms with Crippen molar-refractivity contribution in [3.63, 3.8) is 0 Å². The molecule has 0 aromatic rings. The van der Waals surface area contributed by atoms with Gasteiger partial charge in [0, 0.05) is 6.61 Å². The van der Waals surface area contributed by atoms with Crippen LogP contribution in [0.5, 0.6) is 0 Å². The highest BCUT2D eigenvalue weighted by Gasteiger charge is 2.64. The van der Waals surface area contributed by atoms with Crippen molar-refractivity contribution in [2.24, 2.45) is 71.0 Å². The Bertz CT molecular complexity index is 827. The SMILES string of the molecule is CC1C2CCC(CC2C(=O)OC(C)(C)C)C1C1C(=O)OC(=O)C1C1C(C)C2CC(CO)C1C2. The molecule has 0 aromatic carbocycles. The van der Waals surface area contributed by atoms with E-state index in [4.69, 9.17) is 9.47 Å². The van der Waals surface area contributed by atoms with Gasteiger partial charge in [-0.25, -0.2) is 0 Å². The molecule has 0 aromatic heterocycles. The quantitative estimate of drug-likeness (QED) is 0.506. The van der Waals surface area contributed by atoms with Gasteiger partial charge in [-0.1, -0.05) is 13.8 Å². The lowest BCUT2D eigenvalue weighted by atomic mass is 9.50. The van der Waals surface area contributed by atoms with Crippen molar-refractivity contribution in [3.05, 3.63) is 0 Å². The minimum absolute atomic E-state index is 0.0743. The van der Waals surface area contributed by atoms with Crippen LogP contribution in [0, 0.1) is 71.0 Å². The molecule has 6 fully saturated rings. The molecule has 0 radical (unpaired) electrons. The molecule has 33 heavy (non-hydrogen) atoms. The van der Waals surface area contributed by atoms with Crippen molar-refractivity contribution in [2.45, 2.75) is 72.3 Å². The molecule has 12 unspecified atom stereocenters. The van der Waals surface area contributed by atoms with Crippen LogP contribution in [-0.2, 0) is 23.9 Å². The van der Waals surface area contributed by atoms with Gasteiger partial charge in [0.1, 0.15) is 5.60 Å². The molecular formula is C27H40O6. The van der Waals surface area contributed by atoms with E-state index in [0.717, 1.165) is 32.1 Å². The van der Waals surface area contributed by atoms with Gasteiger partial charge in [0.2, 0.25) is 0 Å². The summed E-state index contributed by atoms with van der Waals surface area (Å²) < 4.78 is 11.1. The Morgan fingerprint density at radius 3 is 2.18 bits per heavy atom. The number of hydrogen-bond acceptors (Lipinski definition) is 6. The second-order valence-corrected chi connectivity index (χ2v) is 12.9. The Morgan fingerprint density at radius 1 is 0.939 bits per heavy atom. The molecule has 1 heterocycles. The molecule has 1 aliphatic heterocycles. The Morgan fingerprint density at radius 2 is 1.61 bits per heavy atom. The number of hydrogen-bond donors (Lipinski definition) is 1. The number of cyclic esters (lactones) is 2. The van der Waals surface area contributed by atoms with E-state index in [-0.39, 0.29) is 65.9 Å². The average Bonchev–Trinajstić information content (AvgIpc) is 3.38. The lowest BCUT2D eigenvalue weighted by molar-refractivity contribution is -0.173. The zero-order valence-electron chi connectivity index (χ0n) is 20.7. The van der Waals surface area contributed by atoms with Gasteiger partial charge in [-0.05, 0) is 106 Å². The lowest BCUT2D eigenvalue weighted by Gasteiger charge is -2.53. The molecule has 6 rings (SSSR count). The van der Waals surface area contributed by atoms with E-state index >= 15 is 0 Å². The smallest absolute Gasteiger partial charge is 0.317 e. The van der Waals surface area contributed by atoms with Crippen molar-refractivity contribution >= 4 is 17.9 Å². The average molecular weight is 461 g/mol. The fourth-order valence-electron chi connectivity index (χ4n) is 9.12. The normalized spacial score (nSPS) is 48.9. The molecule has 12 atom stereocenters. The third-order valence-corrected chi connectivity index (χ3v) is 10.3. The maximum atomic E-state index is 13.2. The number of aliphatic hydroxyl groups is 1. The van der Waals surface area contributed by atoms with Crippen LogP contribution in [0.2, 0.25) is 0 Å². The third-order valence-electron chi connectivity index (χ3n) is 10.3. The summed E-state index contributed by atoms with van der Waals surface area (Å²) in [6.07, 6.45) is 4.79. The molecule has 0 amide bonds. The topological polar surface area (TPSA) is 89.9 Å². The summed E-state index contributed by atoms with van der Waals surface area (Å²) in [6.45, 7) is 10.3. The molecule has 6 heteroatoms.